The molecule has 8 heteroatoms. The minimum atomic E-state index is -3.62. The summed E-state index contributed by atoms with van der Waals surface area (Å²) in [5, 5.41) is 0. The van der Waals surface area contributed by atoms with Gasteiger partial charge >= 0.3 is 0 Å². The number of carbonyl (C=O) groups is 1. The van der Waals surface area contributed by atoms with Crippen LogP contribution >= 0.6 is 0 Å². The zero-order valence-electron chi connectivity index (χ0n) is 17.2. The highest BCUT2D eigenvalue weighted by atomic mass is 32.2. The van der Waals surface area contributed by atoms with Crippen LogP contribution in [0.15, 0.2) is 60.0 Å². The average Bonchev–Trinajstić information content (AvgIpc) is 3.16. The number of nitrogens with one attached hydrogen (secondary N) is 1. The van der Waals surface area contributed by atoms with Gasteiger partial charge in [0.1, 0.15) is 0 Å². The van der Waals surface area contributed by atoms with Crippen molar-refractivity contribution in [2.45, 2.75) is 30.2 Å². The van der Waals surface area contributed by atoms with Gasteiger partial charge in [0.25, 0.3) is 5.91 Å². The minimum absolute atomic E-state index is 0.0534. The number of rotatable bonds is 6. The van der Waals surface area contributed by atoms with E-state index in [-0.39, 0.29) is 23.4 Å². The topological polar surface area (TPSA) is 84.9 Å². The predicted molar refractivity (Wildman–Crippen MR) is 117 cm³/mol. The van der Waals surface area contributed by atoms with Crippen LogP contribution in [-0.4, -0.2) is 45.5 Å². The molecule has 31 heavy (non-hydrogen) atoms. The lowest BCUT2D eigenvalue weighted by Gasteiger charge is -2.26. The van der Waals surface area contributed by atoms with Crippen LogP contribution in [-0.2, 0) is 10.0 Å². The largest absolute Gasteiger partial charge is 0.490 e. The Hall–Kier alpha value is -2.84. The van der Waals surface area contributed by atoms with Crippen LogP contribution < -0.4 is 14.2 Å². The summed E-state index contributed by atoms with van der Waals surface area (Å²) in [6.07, 6.45) is 4.08. The number of hydrogen-bond acceptors (Lipinski definition) is 5. The van der Waals surface area contributed by atoms with Crippen molar-refractivity contribution < 1.29 is 22.7 Å². The van der Waals surface area contributed by atoms with Gasteiger partial charge in [0.2, 0.25) is 10.0 Å². The van der Waals surface area contributed by atoms with Crippen molar-refractivity contribution in [1.29, 1.82) is 0 Å². The number of benzene rings is 2. The van der Waals surface area contributed by atoms with Crippen LogP contribution in [0.4, 0.5) is 0 Å². The van der Waals surface area contributed by atoms with E-state index in [4.69, 9.17) is 9.47 Å². The van der Waals surface area contributed by atoms with Gasteiger partial charge in [-0.25, -0.2) is 13.1 Å². The van der Waals surface area contributed by atoms with Crippen molar-refractivity contribution in [2.24, 2.45) is 0 Å². The number of ether oxygens (including phenoxy) is 2. The van der Waals surface area contributed by atoms with E-state index in [0.717, 1.165) is 36.3 Å². The Balaban J connectivity index is 1.53. The summed E-state index contributed by atoms with van der Waals surface area (Å²) in [4.78, 5) is 15.2. The number of sulfonamides is 1. The lowest BCUT2D eigenvalue weighted by Crippen LogP contribution is -2.30. The number of hydrogen-bond donors (Lipinski definition) is 1. The summed E-state index contributed by atoms with van der Waals surface area (Å²) < 4.78 is 38.4. The highest BCUT2D eigenvalue weighted by molar-refractivity contribution is 7.89. The molecule has 1 N–H and O–H groups in total. The molecule has 0 spiro atoms. The first-order valence-electron chi connectivity index (χ1n) is 10.4. The molecule has 2 aromatic rings. The van der Waals surface area contributed by atoms with Gasteiger partial charge in [0, 0.05) is 25.1 Å². The normalized spacial score (nSPS) is 18.5. The molecular formula is C23H26N2O5S. The molecule has 164 valence electrons. The van der Waals surface area contributed by atoms with Crippen LogP contribution in [0.5, 0.6) is 11.5 Å². The Bertz CT molecular complexity index is 1070. The molecular weight excluding hydrogens is 416 g/mol. The fraction of sp³-hybridized carbons (Fsp3) is 0.348. The third-order valence-electron chi connectivity index (χ3n) is 5.50. The van der Waals surface area contributed by atoms with E-state index in [1.54, 1.807) is 12.1 Å². The van der Waals surface area contributed by atoms with Gasteiger partial charge in [-0.05, 0) is 54.8 Å². The fourth-order valence-electron chi connectivity index (χ4n) is 3.94. The fourth-order valence-corrected chi connectivity index (χ4v) is 4.94. The van der Waals surface area contributed by atoms with Gasteiger partial charge in [0.05, 0.1) is 24.2 Å². The second-order valence-electron chi connectivity index (χ2n) is 7.58. The molecule has 1 saturated heterocycles. The molecule has 2 aromatic carbocycles. The Morgan fingerprint density at radius 1 is 1.10 bits per heavy atom. The molecule has 2 aliphatic heterocycles. The van der Waals surface area contributed by atoms with Crippen LogP contribution in [0.2, 0.25) is 0 Å². The van der Waals surface area contributed by atoms with Crippen LogP contribution in [0.25, 0.3) is 0 Å². The van der Waals surface area contributed by atoms with Crippen molar-refractivity contribution in [2.75, 3.05) is 26.3 Å². The monoisotopic (exact) mass is 442 g/mol. The van der Waals surface area contributed by atoms with E-state index in [9.17, 15) is 13.2 Å². The Labute approximate surface area is 182 Å². The average molecular weight is 443 g/mol. The third-order valence-corrected chi connectivity index (χ3v) is 6.94. The molecule has 0 radical (unpaired) electrons. The van der Waals surface area contributed by atoms with E-state index in [1.165, 1.54) is 18.2 Å². The highest BCUT2D eigenvalue weighted by Crippen LogP contribution is 2.38. The van der Waals surface area contributed by atoms with Crippen molar-refractivity contribution in [3.63, 3.8) is 0 Å². The van der Waals surface area contributed by atoms with Gasteiger partial charge in [-0.15, -0.1) is 6.58 Å². The molecule has 2 heterocycles. The summed E-state index contributed by atoms with van der Waals surface area (Å²) >= 11 is 0. The molecule has 1 atom stereocenters. The summed E-state index contributed by atoms with van der Waals surface area (Å²) in [7, 11) is -3.62. The maximum absolute atomic E-state index is 13.2. The molecule has 1 amide bonds. The van der Waals surface area contributed by atoms with Crippen LogP contribution in [0.3, 0.4) is 0 Å². The Kier molecular flexibility index (Phi) is 6.29. The molecule has 2 aliphatic rings. The van der Waals surface area contributed by atoms with E-state index in [2.05, 4.69) is 11.3 Å². The van der Waals surface area contributed by atoms with Gasteiger partial charge in [-0.2, -0.15) is 0 Å². The SMILES string of the molecule is C=CCNS(=O)(=O)c1ccc(C(=O)N2CCC[C@@H]2c2ccc3c(c2)OCCCO3)cc1. The quantitative estimate of drug-likeness (QED) is 0.694. The summed E-state index contributed by atoms with van der Waals surface area (Å²) in [6.45, 7) is 5.55. The van der Waals surface area contributed by atoms with Crippen molar-refractivity contribution >= 4 is 15.9 Å². The predicted octanol–water partition coefficient (Wildman–Crippen LogP) is 3.29. The molecule has 0 unspecified atom stereocenters. The zero-order chi connectivity index (χ0) is 21.8. The smallest absolute Gasteiger partial charge is 0.254 e. The maximum atomic E-state index is 13.2. The van der Waals surface area contributed by atoms with Crippen LogP contribution in [0, 0.1) is 0 Å². The first-order chi connectivity index (χ1) is 15.0. The van der Waals surface area contributed by atoms with E-state index < -0.39 is 10.0 Å². The number of carbonyl (C=O) groups excluding carboxylic acids is 1. The standard InChI is InChI=1S/C23H26N2O5S/c1-2-12-24-31(27,28)19-9-6-17(7-10-19)23(26)25-13-3-5-20(25)18-8-11-21-22(16-18)30-15-4-14-29-21/h2,6-11,16,20,24H,1,3-5,12-15H2/t20-/m1/s1. The van der Waals surface area contributed by atoms with Crippen LogP contribution in [0.1, 0.15) is 41.2 Å². The molecule has 0 aliphatic carbocycles. The number of amides is 1. The van der Waals surface area contributed by atoms with E-state index in [1.807, 2.05) is 23.1 Å². The second kappa shape index (κ2) is 9.11. The first kappa shape index (κ1) is 21.4. The maximum Gasteiger partial charge on any atom is 0.254 e. The van der Waals surface area contributed by atoms with Gasteiger partial charge in [0.15, 0.2) is 11.5 Å². The van der Waals surface area contributed by atoms with E-state index >= 15 is 0 Å². The molecule has 0 saturated carbocycles. The lowest BCUT2D eigenvalue weighted by molar-refractivity contribution is 0.0735. The Morgan fingerprint density at radius 2 is 1.84 bits per heavy atom. The first-order valence-corrected chi connectivity index (χ1v) is 11.9. The summed E-state index contributed by atoms with van der Waals surface area (Å²) in [5.41, 5.74) is 1.48. The van der Waals surface area contributed by atoms with E-state index in [0.29, 0.717) is 25.3 Å². The number of nitrogens with zero attached hydrogens (tertiary/aromatic N) is 1. The lowest BCUT2D eigenvalue weighted by atomic mass is 10.0. The minimum Gasteiger partial charge on any atom is -0.490 e. The molecule has 7 nitrogen and oxygen atoms in total. The van der Waals surface area contributed by atoms with Crippen molar-refractivity contribution in [1.82, 2.24) is 9.62 Å². The molecule has 0 bridgehead atoms. The highest BCUT2D eigenvalue weighted by Gasteiger charge is 2.31. The van der Waals surface area contributed by atoms with Crippen molar-refractivity contribution in [3.05, 3.63) is 66.2 Å². The third kappa shape index (κ3) is 4.60. The zero-order valence-corrected chi connectivity index (χ0v) is 18.1. The Morgan fingerprint density at radius 3 is 2.58 bits per heavy atom. The number of likely N-dealkylation sites (tertiary alicyclic amines) is 1. The second-order valence-corrected chi connectivity index (χ2v) is 9.35. The van der Waals surface area contributed by atoms with Gasteiger partial charge in [-0.3, -0.25) is 4.79 Å². The van der Waals surface area contributed by atoms with Crippen molar-refractivity contribution in [3.8, 4) is 11.5 Å². The summed E-state index contributed by atoms with van der Waals surface area (Å²) in [6, 6.07) is 11.9. The molecule has 1 fully saturated rings. The summed E-state index contributed by atoms with van der Waals surface area (Å²) in [5.74, 6) is 1.34. The van der Waals surface area contributed by atoms with Gasteiger partial charge in [-0.1, -0.05) is 12.1 Å². The number of fused-ring (bicyclic) bond motifs is 1. The molecule has 0 aromatic heterocycles. The van der Waals surface area contributed by atoms with Gasteiger partial charge < -0.3 is 14.4 Å². The molecule has 4 rings (SSSR count).